The molecular weight excluding hydrogens is 929 g/mol. The summed E-state index contributed by atoms with van der Waals surface area (Å²) in [5.41, 5.74) is 0.121. The standard InChI is InChI=1S/C40H36O18S5/c1-24-6-25(2)12-35(11-24)62(51,52)58-63(53,54)38-18-31(23-56-60(47,48)36-13-26(3)7-29(16-36)21-41)15-33(20-38)40(43)57-39(42)32-9-28(5)14-37(19-32)61(49,50)55-22-30-8-27(4)10-34(17-30)59(44,45)46/h6-21H,22-23H2,1-5H3,(H,44,45,46). The Morgan fingerprint density at radius 3 is 1.35 bits per heavy atom. The van der Waals surface area contributed by atoms with Gasteiger partial charge in [-0.2, -0.15) is 42.1 Å². The molecule has 0 heterocycles. The summed E-state index contributed by atoms with van der Waals surface area (Å²) in [5.74, 6) is -3.05. The molecule has 0 aliphatic rings. The molecule has 0 saturated carbocycles. The molecule has 0 radical (unpaired) electrons. The molecule has 0 aliphatic carbocycles. The number of hydrogen-bond acceptors (Lipinski definition) is 17. The van der Waals surface area contributed by atoms with Gasteiger partial charge in [0.15, 0.2) is 0 Å². The Balaban J connectivity index is 1.47. The molecular formula is C40H36O18S5. The molecule has 0 bridgehead atoms. The molecule has 63 heavy (non-hydrogen) atoms. The molecule has 1 N–H and O–H groups in total. The molecule has 0 aromatic heterocycles. The minimum atomic E-state index is -5.38. The number of hydrogen-bond donors (Lipinski definition) is 1. The van der Waals surface area contributed by atoms with Crippen molar-refractivity contribution in [3.05, 3.63) is 147 Å². The van der Waals surface area contributed by atoms with Crippen molar-refractivity contribution in [1.29, 1.82) is 0 Å². The van der Waals surface area contributed by atoms with Crippen molar-refractivity contribution >= 4 is 68.8 Å². The summed E-state index contributed by atoms with van der Waals surface area (Å²) in [4.78, 5) is 35.1. The van der Waals surface area contributed by atoms with Crippen molar-refractivity contribution in [2.45, 2.75) is 72.3 Å². The van der Waals surface area contributed by atoms with Gasteiger partial charge in [0.1, 0.15) is 6.29 Å². The first-order valence-electron chi connectivity index (χ1n) is 17.8. The van der Waals surface area contributed by atoms with E-state index in [1.165, 1.54) is 39.0 Å². The number of aryl methyl sites for hydroxylation is 5. The molecule has 0 saturated heterocycles. The first-order valence-corrected chi connectivity index (χ1v) is 24.9. The number of carbonyl (C=O) groups is 3. The van der Waals surface area contributed by atoms with E-state index < -0.39 is 117 Å². The van der Waals surface area contributed by atoms with Gasteiger partial charge in [0.25, 0.3) is 30.4 Å². The predicted molar refractivity (Wildman–Crippen MR) is 220 cm³/mol. The Morgan fingerprint density at radius 1 is 0.460 bits per heavy atom. The smallest absolute Gasteiger partial charge is 0.346 e. The molecule has 5 aromatic carbocycles. The van der Waals surface area contributed by atoms with Gasteiger partial charge in [-0.25, -0.2) is 9.59 Å². The lowest BCUT2D eigenvalue weighted by molar-refractivity contribution is 0.0396. The fourth-order valence-electron chi connectivity index (χ4n) is 5.97. The molecule has 5 aromatic rings. The average molecular weight is 965 g/mol. The van der Waals surface area contributed by atoms with Crippen LogP contribution in [0.3, 0.4) is 0 Å². The highest BCUT2D eigenvalue weighted by molar-refractivity contribution is 8.00. The summed E-state index contributed by atoms with van der Waals surface area (Å²) < 4.78 is 159. The molecule has 0 spiro atoms. The van der Waals surface area contributed by atoms with Crippen LogP contribution in [0.2, 0.25) is 0 Å². The van der Waals surface area contributed by atoms with Crippen LogP contribution in [0.25, 0.3) is 0 Å². The van der Waals surface area contributed by atoms with E-state index in [4.69, 9.17) is 13.1 Å². The van der Waals surface area contributed by atoms with Gasteiger partial charge in [-0.3, -0.25) is 17.7 Å². The number of benzene rings is 5. The summed E-state index contributed by atoms with van der Waals surface area (Å²) in [5, 5.41) is 0. The van der Waals surface area contributed by atoms with E-state index in [1.54, 1.807) is 19.9 Å². The summed E-state index contributed by atoms with van der Waals surface area (Å²) in [6, 6.07) is 16.2. The number of aldehydes is 1. The van der Waals surface area contributed by atoms with Crippen molar-refractivity contribution in [3.63, 3.8) is 0 Å². The van der Waals surface area contributed by atoms with Crippen LogP contribution in [-0.4, -0.2) is 64.9 Å². The molecule has 334 valence electrons. The highest BCUT2D eigenvalue weighted by atomic mass is 32.3. The normalized spacial score (nSPS) is 12.5. The van der Waals surface area contributed by atoms with Crippen LogP contribution in [0, 0.1) is 34.6 Å². The molecule has 0 unspecified atom stereocenters. The highest BCUT2D eigenvalue weighted by Gasteiger charge is 2.30. The lowest BCUT2D eigenvalue weighted by Gasteiger charge is -2.12. The van der Waals surface area contributed by atoms with Crippen LogP contribution < -0.4 is 0 Å². The highest BCUT2D eigenvalue weighted by Crippen LogP contribution is 2.27. The topological polar surface area (TPSA) is 279 Å². The third-order valence-electron chi connectivity index (χ3n) is 8.58. The van der Waals surface area contributed by atoms with Crippen LogP contribution in [0.4, 0.5) is 0 Å². The second-order valence-electron chi connectivity index (χ2n) is 14.1. The van der Waals surface area contributed by atoms with E-state index >= 15 is 0 Å². The molecule has 0 fully saturated rings. The second-order valence-corrected chi connectivity index (χ2v) is 22.1. The minimum Gasteiger partial charge on any atom is -0.386 e. The van der Waals surface area contributed by atoms with E-state index in [-0.39, 0.29) is 16.7 Å². The first-order chi connectivity index (χ1) is 29.1. The summed E-state index contributed by atoms with van der Waals surface area (Å²) >= 11 is 0. The van der Waals surface area contributed by atoms with E-state index in [9.17, 15) is 61.0 Å². The van der Waals surface area contributed by atoms with Gasteiger partial charge in [0.05, 0.1) is 48.8 Å². The number of rotatable bonds is 16. The van der Waals surface area contributed by atoms with Crippen LogP contribution in [0.1, 0.15) is 70.0 Å². The molecule has 23 heteroatoms. The van der Waals surface area contributed by atoms with E-state index in [2.05, 4.69) is 3.63 Å². The number of carbonyl (C=O) groups excluding carboxylic acids is 3. The minimum absolute atomic E-state index is 0.00731. The Hall–Kier alpha value is -5.50. The van der Waals surface area contributed by atoms with E-state index in [0.29, 0.717) is 34.6 Å². The maximum absolute atomic E-state index is 13.6. The Kier molecular flexibility index (Phi) is 14.1. The predicted octanol–water partition coefficient (Wildman–Crippen LogP) is 5.19. The van der Waals surface area contributed by atoms with Gasteiger partial charge in [-0.05, 0) is 152 Å². The largest absolute Gasteiger partial charge is 0.386 e. The van der Waals surface area contributed by atoms with Crippen molar-refractivity contribution in [3.8, 4) is 0 Å². The van der Waals surface area contributed by atoms with Crippen LogP contribution >= 0.6 is 0 Å². The van der Waals surface area contributed by atoms with Crippen molar-refractivity contribution in [2.24, 2.45) is 0 Å². The Morgan fingerprint density at radius 2 is 0.841 bits per heavy atom. The second kappa shape index (κ2) is 18.3. The van der Waals surface area contributed by atoms with Crippen molar-refractivity contribution in [1.82, 2.24) is 0 Å². The van der Waals surface area contributed by atoms with Crippen molar-refractivity contribution < 1.29 is 77.8 Å². The van der Waals surface area contributed by atoms with Crippen LogP contribution in [0.5, 0.6) is 0 Å². The SMILES string of the molecule is Cc1cc(COS(=O)(=O)c2cc(C)cc(C(=O)OC(=O)c3cc(COS(=O)(=O)c4cc(C)cc(C=O)c4)cc(S(=O)(=O)OS(=O)(=O)c4cc(C)cc(C)c4)c3)c2)cc(S(=O)(=O)O)c1. The third-order valence-corrected chi connectivity index (χ3v) is 15.0. The molecule has 18 nitrogen and oxygen atoms in total. The monoisotopic (exact) mass is 964 g/mol. The first kappa shape index (κ1) is 48.5. The maximum Gasteiger partial charge on any atom is 0.346 e. The van der Waals surface area contributed by atoms with Gasteiger partial charge >= 0.3 is 32.2 Å². The quantitative estimate of drug-likeness (QED) is 0.0438. The fraction of sp³-hybridized carbons (Fsp3) is 0.175. The summed E-state index contributed by atoms with van der Waals surface area (Å²) in [6.45, 7) is 5.79. The number of esters is 2. The summed E-state index contributed by atoms with van der Waals surface area (Å²) in [7, 11) is -24.5. The van der Waals surface area contributed by atoms with Gasteiger partial charge in [-0.1, -0.05) is 12.1 Å². The zero-order valence-corrected chi connectivity index (χ0v) is 37.7. The molecule has 0 amide bonds. The average Bonchev–Trinajstić information content (AvgIpc) is 3.17. The zero-order chi connectivity index (χ0) is 46.9. The zero-order valence-electron chi connectivity index (χ0n) is 33.6. The lowest BCUT2D eigenvalue weighted by atomic mass is 10.1. The Bertz CT molecular complexity index is 3250. The molecule has 0 atom stereocenters. The van der Waals surface area contributed by atoms with Crippen LogP contribution in [0.15, 0.2) is 115 Å². The molecule has 5 rings (SSSR count). The lowest BCUT2D eigenvalue weighted by Crippen LogP contribution is -2.18. The van der Waals surface area contributed by atoms with Gasteiger partial charge in [-0.15, -0.1) is 3.63 Å². The van der Waals surface area contributed by atoms with Gasteiger partial charge in [0, 0.05) is 5.56 Å². The third kappa shape index (κ3) is 12.4. The van der Waals surface area contributed by atoms with Crippen molar-refractivity contribution in [2.75, 3.05) is 0 Å². The van der Waals surface area contributed by atoms with E-state index in [0.717, 1.165) is 60.7 Å². The van der Waals surface area contributed by atoms with Gasteiger partial charge in [0.2, 0.25) is 0 Å². The molecule has 0 aliphatic heterocycles. The maximum atomic E-state index is 13.6. The fourth-order valence-corrected chi connectivity index (χ4v) is 11.5. The van der Waals surface area contributed by atoms with Gasteiger partial charge < -0.3 is 4.74 Å². The summed E-state index contributed by atoms with van der Waals surface area (Å²) in [6.07, 6.45) is 0.398. The Labute approximate surface area is 363 Å². The van der Waals surface area contributed by atoms with Crippen LogP contribution in [-0.2, 0) is 80.5 Å². The van der Waals surface area contributed by atoms with E-state index in [1.807, 2.05) is 0 Å². The number of ether oxygens (including phenoxy) is 1.